The van der Waals surface area contributed by atoms with E-state index in [1.54, 1.807) is 0 Å². The van der Waals surface area contributed by atoms with Crippen molar-refractivity contribution in [2.75, 3.05) is 13.1 Å². The van der Waals surface area contributed by atoms with Crippen molar-refractivity contribution in [3.63, 3.8) is 0 Å². The molecule has 0 aliphatic carbocycles. The molecule has 1 atom stereocenters. The molecule has 1 rings (SSSR count). The van der Waals surface area contributed by atoms with E-state index < -0.39 is 0 Å². The molecule has 0 aliphatic heterocycles. The van der Waals surface area contributed by atoms with Crippen molar-refractivity contribution in [3.05, 3.63) is 29.8 Å². The molecule has 0 spiro atoms. The number of carbonyl (C=O) groups is 1. The molecular weight excluding hydrogens is 274 g/mol. The summed E-state index contributed by atoms with van der Waals surface area (Å²) >= 11 is 0. The van der Waals surface area contributed by atoms with E-state index in [-0.39, 0.29) is 17.9 Å². The molecule has 0 saturated carbocycles. The van der Waals surface area contributed by atoms with Gasteiger partial charge in [-0.05, 0) is 57.2 Å². The molecule has 0 heterocycles. The predicted molar refractivity (Wildman–Crippen MR) is 92.3 cm³/mol. The summed E-state index contributed by atoms with van der Waals surface area (Å²) in [5.41, 5.74) is 1.21. The van der Waals surface area contributed by atoms with Crippen LogP contribution in [0.15, 0.2) is 24.3 Å². The number of benzene rings is 1. The van der Waals surface area contributed by atoms with Crippen LogP contribution in [-0.4, -0.2) is 30.0 Å². The Labute approximate surface area is 135 Å². The Morgan fingerprint density at radius 2 is 1.59 bits per heavy atom. The molecule has 124 valence electrons. The lowest BCUT2D eigenvalue weighted by Crippen LogP contribution is -2.32. The van der Waals surface area contributed by atoms with Crippen molar-refractivity contribution < 1.29 is 9.53 Å². The number of carbonyl (C=O) groups excluding carboxylic acids is 1. The average Bonchev–Trinajstić information content (AvgIpc) is 2.46. The Hall–Kier alpha value is -1.51. The lowest BCUT2D eigenvalue weighted by molar-refractivity contribution is -0.131. The molecule has 0 aromatic heterocycles. The molecule has 1 aromatic carbocycles. The van der Waals surface area contributed by atoms with Crippen molar-refractivity contribution in [3.8, 4) is 5.75 Å². The third kappa shape index (κ3) is 5.36. The summed E-state index contributed by atoms with van der Waals surface area (Å²) in [4.78, 5) is 14.3. The van der Waals surface area contributed by atoms with Crippen LogP contribution in [0.2, 0.25) is 0 Å². The van der Waals surface area contributed by atoms with Crippen molar-refractivity contribution in [2.24, 2.45) is 5.92 Å². The molecule has 0 radical (unpaired) electrons. The maximum Gasteiger partial charge on any atom is 0.223 e. The van der Waals surface area contributed by atoms with Crippen LogP contribution in [0.25, 0.3) is 0 Å². The van der Waals surface area contributed by atoms with E-state index in [0.717, 1.165) is 18.8 Å². The zero-order chi connectivity index (χ0) is 16.7. The second-order valence-electron chi connectivity index (χ2n) is 6.36. The van der Waals surface area contributed by atoms with Crippen LogP contribution >= 0.6 is 0 Å². The van der Waals surface area contributed by atoms with E-state index in [9.17, 15) is 4.79 Å². The average molecular weight is 305 g/mol. The summed E-state index contributed by atoms with van der Waals surface area (Å²) in [5.74, 6) is 1.81. The van der Waals surface area contributed by atoms with Gasteiger partial charge in [0.05, 0.1) is 6.10 Å². The Morgan fingerprint density at radius 1 is 1.05 bits per heavy atom. The number of hydrogen-bond acceptors (Lipinski definition) is 2. The fourth-order valence-corrected chi connectivity index (χ4v) is 2.70. The van der Waals surface area contributed by atoms with Gasteiger partial charge in [-0.2, -0.15) is 0 Å². The molecule has 0 aliphatic rings. The van der Waals surface area contributed by atoms with Crippen LogP contribution < -0.4 is 4.74 Å². The van der Waals surface area contributed by atoms with Gasteiger partial charge in [0, 0.05) is 19.5 Å². The highest BCUT2D eigenvalue weighted by Crippen LogP contribution is 2.30. The molecule has 0 N–H and O–H groups in total. The van der Waals surface area contributed by atoms with Gasteiger partial charge in [-0.15, -0.1) is 0 Å². The van der Waals surface area contributed by atoms with Crippen LogP contribution in [0.1, 0.15) is 59.4 Å². The fourth-order valence-electron chi connectivity index (χ4n) is 2.70. The van der Waals surface area contributed by atoms with Gasteiger partial charge >= 0.3 is 0 Å². The van der Waals surface area contributed by atoms with Gasteiger partial charge in [0.25, 0.3) is 0 Å². The standard InChI is InChI=1S/C19H31NO2/c1-7-20(8-2)19(21)13-18(14(3)4)16-9-11-17(12-10-16)22-15(5)6/h9-12,14-15,18H,7-8,13H2,1-6H3/t18-/m0/s1. The van der Waals surface area contributed by atoms with Gasteiger partial charge in [-0.25, -0.2) is 0 Å². The molecule has 0 saturated heterocycles. The molecule has 0 fully saturated rings. The normalized spacial score (nSPS) is 12.5. The fraction of sp³-hybridized carbons (Fsp3) is 0.632. The molecule has 0 unspecified atom stereocenters. The highest BCUT2D eigenvalue weighted by atomic mass is 16.5. The monoisotopic (exact) mass is 305 g/mol. The summed E-state index contributed by atoms with van der Waals surface area (Å²) in [6.07, 6.45) is 0.750. The topological polar surface area (TPSA) is 29.5 Å². The number of amides is 1. The van der Waals surface area contributed by atoms with E-state index in [4.69, 9.17) is 4.74 Å². The highest BCUT2D eigenvalue weighted by Gasteiger charge is 2.22. The number of rotatable bonds is 8. The van der Waals surface area contributed by atoms with Crippen LogP contribution in [0.3, 0.4) is 0 Å². The van der Waals surface area contributed by atoms with Gasteiger partial charge < -0.3 is 9.64 Å². The summed E-state index contributed by atoms with van der Waals surface area (Å²) in [5, 5.41) is 0. The van der Waals surface area contributed by atoms with Crippen molar-refractivity contribution in [1.82, 2.24) is 4.90 Å². The van der Waals surface area contributed by atoms with Gasteiger partial charge in [-0.1, -0.05) is 26.0 Å². The Balaban J connectivity index is 2.85. The first-order valence-electron chi connectivity index (χ1n) is 8.43. The maximum absolute atomic E-state index is 12.4. The lowest BCUT2D eigenvalue weighted by atomic mass is 9.85. The quantitative estimate of drug-likeness (QED) is 0.709. The molecule has 3 heteroatoms. The molecule has 22 heavy (non-hydrogen) atoms. The van der Waals surface area contributed by atoms with E-state index in [1.807, 2.05) is 44.7 Å². The summed E-state index contributed by atoms with van der Waals surface area (Å²) in [6, 6.07) is 8.20. The number of hydrogen-bond donors (Lipinski definition) is 0. The lowest BCUT2D eigenvalue weighted by Gasteiger charge is -2.25. The largest absolute Gasteiger partial charge is 0.491 e. The van der Waals surface area contributed by atoms with Gasteiger partial charge in [0.15, 0.2) is 0 Å². The zero-order valence-corrected chi connectivity index (χ0v) is 14.9. The van der Waals surface area contributed by atoms with Crippen molar-refractivity contribution >= 4 is 5.91 Å². The van der Waals surface area contributed by atoms with E-state index >= 15 is 0 Å². The summed E-state index contributed by atoms with van der Waals surface area (Å²) < 4.78 is 5.69. The van der Waals surface area contributed by atoms with Gasteiger partial charge in [0.2, 0.25) is 5.91 Å². The second kappa shape index (κ2) is 8.82. The first kappa shape index (κ1) is 18.5. The van der Waals surface area contributed by atoms with Crippen molar-refractivity contribution in [1.29, 1.82) is 0 Å². The number of ether oxygens (including phenoxy) is 1. The van der Waals surface area contributed by atoms with Crippen LogP contribution in [-0.2, 0) is 4.79 Å². The van der Waals surface area contributed by atoms with Crippen LogP contribution in [0, 0.1) is 5.92 Å². The predicted octanol–water partition coefficient (Wildman–Crippen LogP) is 4.47. The van der Waals surface area contributed by atoms with Gasteiger partial charge in [0.1, 0.15) is 5.75 Å². The minimum absolute atomic E-state index is 0.177. The third-order valence-corrected chi connectivity index (χ3v) is 4.00. The first-order chi connectivity index (χ1) is 10.4. The van der Waals surface area contributed by atoms with Gasteiger partial charge in [-0.3, -0.25) is 4.79 Å². The smallest absolute Gasteiger partial charge is 0.223 e. The van der Waals surface area contributed by atoms with E-state index in [1.165, 1.54) is 5.56 Å². The summed E-state index contributed by atoms with van der Waals surface area (Å²) in [6.45, 7) is 14.0. The zero-order valence-electron chi connectivity index (χ0n) is 14.9. The molecular formula is C19H31NO2. The SMILES string of the molecule is CCN(CC)C(=O)C[C@H](c1ccc(OC(C)C)cc1)C(C)C. The molecule has 0 bridgehead atoms. The molecule has 1 aromatic rings. The Bertz CT molecular complexity index is 447. The van der Waals surface area contributed by atoms with Crippen molar-refractivity contribution in [2.45, 2.75) is 60.0 Å². The highest BCUT2D eigenvalue weighted by molar-refractivity contribution is 5.77. The Morgan fingerprint density at radius 3 is 2.00 bits per heavy atom. The van der Waals surface area contributed by atoms with E-state index in [0.29, 0.717) is 12.3 Å². The van der Waals surface area contributed by atoms with Crippen LogP contribution in [0.5, 0.6) is 5.75 Å². The van der Waals surface area contributed by atoms with Crippen LogP contribution in [0.4, 0.5) is 0 Å². The van der Waals surface area contributed by atoms with E-state index in [2.05, 4.69) is 26.0 Å². The Kier molecular flexibility index (Phi) is 7.43. The number of nitrogens with zero attached hydrogens (tertiary/aromatic N) is 1. The first-order valence-corrected chi connectivity index (χ1v) is 8.43. The minimum atomic E-state index is 0.177. The third-order valence-electron chi connectivity index (χ3n) is 4.00. The minimum Gasteiger partial charge on any atom is -0.491 e. The second-order valence-corrected chi connectivity index (χ2v) is 6.36. The maximum atomic E-state index is 12.4. The molecule has 1 amide bonds. The summed E-state index contributed by atoms with van der Waals surface area (Å²) in [7, 11) is 0. The molecule has 3 nitrogen and oxygen atoms in total.